The molecule has 49 heavy (non-hydrogen) atoms. The number of nitro benzene ring substituents is 2. The minimum absolute atomic E-state index is 0.0167. The van der Waals surface area contributed by atoms with Gasteiger partial charge in [0, 0.05) is 42.2 Å². The van der Waals surface area contributed by atoms with Gasteiger partial charge >= 0.3 is 0 Å². The van der Waals surface area contributed by atoms with Crippen LogP contribution in [0.5, 0.6) is 11.5 Å². The summed E-state index contributed by atoms with van der Waals surface area (Å²) in [7, 11) is 0. The molecule has 3 aliphatic heterocycles. The summed E-state index contributed by atoms with van der Waals surface area (Å²) in [5, 5.41) is 33.2. The number of allylic oxidation sites excluding steroid dienone is 3. The molecule has 2 aliphatic carbocycles. The summed E-state index contributed by atoms with van der Waals surface area (Å²) in [6, 6.07) is 15.2. The molecule has 3 heterocycles. The number of hydrogen-bond donors (Lipinski definition) is 1. The van der Waals surface area contributed by atoms with Crippen LogP contribution in [0.1, 0.15) is 18.4 Å². The number of benzene rings is 3. The Balaban J connectivity index is 1.22. The maximum atomic E-state index is 14.3. The molecule has 8 rings (SSSR count). The second-order valence-corrected chi connectivity index (χ2v) is 12.9. The Kier molecular flexibility index (Phi) is 6.73. The number of rotatable bonds is 5. The van der Waals surface area contributed by atoms with Gasteiger partial charge in [0.15, 0.2) is 0 Å². The Hall–Kier alpha value is -6.18. The molecule has 3 aromatic carbocycles. The summed E-state index contributed by atoms with van der Waals surface area (Å²) < 4.78 is 5.95. The van der Waals surface area contributed by atoms with Crippen molar-refractivity contribution in [3.05, 3.63) is 116 Å². The van der Waals surface area contributed by atoms with E-state index >= 15 is 0 Å². The van der Waals surface area contributed by atoms with Crippen molar-refractivity contribution in [1.82, 2.24) is 0 Å². The van der Waals surface area contributed by atoms with Gasteiger partial charge in [-0.25, -0.2) is 9.80 Å². The predicted molar refractivity (Wildman–Crippen MR) is 170 cm³/mol. The zero-order valence-electron chi connectivity index (χ0n) is 25.5. The highest BCUT2D eigenvalue weighted by molar-refractivity contribution is 6.24. The number of phenolic OH excluding ortho intramolecular Hbond substituents is 1. The number of ether oxygens (including phenoxy) is 1. The molecule has 0 radical (unpaired) electrons. The maximum Gasteiger partial charge on any atom is 0.271 e. The second-order valence-electron chi connectivity index (χ2n) is 12.9. The lowest BCUT2D eigenvalue weighted by atomic mass is 9.56. The number of carbonyl (C=O) groups excluding carboxylic acids is 4. The summed E-state index contributed by atoms with van der Waals surface area (Å²) in [4.78, 5) is 80.3. The minimum atomic E-state index is -0.932. The Bertz CT molecular complexity index is 2110. The van der Waals surface area contributed by atoms with Gasteiger partial charge in [-0.2, -0.15) is 0 Å². The number of fused-ring (bicyclic) bond motifs is 5. The molecule has 14 nitrogen and oxygen atoms in total. The van der Waals surface area contributed by atoms with Gasteiger partial charge in [-0.3, -0.25) is 39.4 Å². The Morgan fingerprint density at radius 3 is 1.98 bits per heavy atom. The van der Waals surface area contributed by atoms with Crippen LogP contribution in [-0.4, -0.2) is 38.6 Å². The summed E-state index contributed by atoms with van der Waals surface area (Å²) >= 11 is 0. The fourth-order valence-electron chi connectivity index (χ4n) is 8.41. The first-order valence-electron chi connectivity index (χ1n) is 15.7. The molecule has 4 amide bonds. The van der Waals surface area contributed by atoms with E-state index in [9.17, 15) is 44.5 Å². The number of carbonyl (C=O) groups is 4. The Morgan fingerprint density at radius 2 is 1.35 bits per heavy atom. The monoisotopic (exact) mass is 662 g/mol. The number of hydrogen-bond acceptors (Lipinski definition) is 10. The van der Waals surface area contributed by atoms with E-state index in [2.05, 4.69) is 0 Å². The molecular weight excluding hydrogens is 636 g/mol. The van der Waals surface area contributed by atoms with Crippen molar-refractivity contribution in [1.29, 1.82) is 0 Å². The molecule has 6 unspecified atom stereocenters. The number of non-ortho nitro benzene ring substituents is 2. The zero-order valence-corrected chi connectivity index (χ0v) is 25.5. The normalized spacial score (nSPS) is 27.0. The number of amides is 4. The van der Waals surface area contributed by atoms with Gasteiger partial charge in [-0.15, -0.1) is 0 Å². The summed E-state index contributed by atoms with van der Waals surface area (Å²) in [6.45, 7) is 0. The Labute approximate surface area is 277 Å². The molecular formula is C35H26N4O10. The van der Waals surface area contributed by atoms with Crippen LogP contribution < -0.4 is 14.5 Å². The van der Waals surface area contributed by atoms with E-state index in [-0.39, 0.29) is 47.8 Å². The molecule has 0 spiro atoms. The van der Waals surface area contributed by atoms with Crippen molar-refractivity contribution < 1.29 is 38.9 Å². The first kappa shape index (κ1) is 30.2. The second kappa shape index (κ2) is 10.9. The molecule has 246 valence electrons. The van der Waals surface area contributed by atoms with E-state index < -0.39 is 69.0 Å². The van der Waals surface area contributed by atoms with Crippen molar-refractivity contribution in [3.63, 3.8) is 0 Å². The predicted octanol–water partition coefficient (Wildman–Crippen LogP) is 4.61. The van der Waals surface area contributed by atoms with Crippen molar-refractivity contribution in [2.75, 3.05) is 9.80 Å². The number of aromatic hydroxyl groups is 1. The maximum absolute atomic E-state index is 14.3. The summed E-state index contributed by atoms with van der Waals surface area (Å²) in [5.41, 5.74) is 1.57. The third-order valence-corrected chi connectivity index (χ3v) is 10.4. The van der Waals surface area contributed by atoms with E-state index in [1.54, 1.807) is 12.1 Å². The van der Waals surface area contributed by atoms with Crippen LogP contribution in [0.15, 0.2) is 90.2 Å². The number of anilines is 2. The summed E-state index contributed by atoms with van der Waals surface area (Å²) in [6.07, 6.45) is 3.89. The standard InChI is InChI=1S/C35H26N4O10/c40-23-7-10-28-17(12-23)11-18(16-49-28)29-24-8-9-25-30(34(43)36(32(25)41)19-3-1-5-21(13-19)38(45)46)26(24)15-27-31(29)35(44)37(33(27)42)20-4-2-6-22(14-20)39(47)48/h1-8,10,12-14,16,25-27,29-31,40H,9,11,15H2. The largest absolute Gasteiger partial charge is 0.508 e. The van der Waals surface area contributed by atoms with Gasteiger partial charge in [0.05, 0.1) is 51.2 Å². The minimum Gasteiger partial charge on any atom is -0.508 e. The third-order valence-electron chi connectivity index (χ3n) is 10.4. The van der Waals surface area contributed by atoms with Crippen LogP contribution >= 0.6 is 0 Å². The molecule has 6 atom stereocenters. The van der Waals surface area contributed by atoms with Gasteiger partial charge in [-0.1, -0.05) is 23.8 Å². The fraction of sp³-hybridized carbons (Fsp3) is 0.257. The average Bonchev–Trinajstić information content (AvgIpc) is 3.50. The summed E-state index contributed by atoms with van der Waals surface area (Å²) in [5.74, 6) is -6.53. The van der Waals surface area contributed by atoms with E-state index in [0.29, 0.717) is 22.5 Å². The van der Waals surface area contributed by atoms with E-state index in [1.807, 2.05) is 6.08 Å². The highest BCUT2D eigenvalue weighted by Crippen LogP contribution is 2.58. The number of phenols is 1. The van der Waals surface area contributed by atoms with Gasteiger partial charge < -0.3 is 9.84 Å². The van der Waals surface area contributed by atoms with Crippen LogP contribution in [-0.2, 0) is 25.6 Å². The first-order chi connectivity index (χ1) is 23.5. The molecule has 3 fully saturated rings. The van der Waals surface area contributed by atoms with Crippen LogP contribution in [0.3, 0.4) is 0 Å². The van der Waals surface area contributed by atoms with E-state index in [1.165, 1.54) is 60.9 Å². The molecule has 14 heteroatoms. The number of nitrogens with zero attached hydrogens (tertiary/aromatic N) is 4. The zero-order chi connectivity index (χ0) is 34.3. The number of nitro groups is 2. The topological polar surface area (TPSA) is 190 Å². The van der Waals surface area contributed by atoms with Crippen molar-refractivity contribution in [3.8, 4) is 11.5 Å². The highest BCUT2D eigenvalue weighted by atomic mass is 16.6. The number of imide groups is 2. The lowest BCUT2D eigenvalue weighted by Crippen LogP contribution is -2.45. The van der Waals surface area contributed by atoms with Crippen molar-refractivity contribution in [2.45, 2.75) is 19.3 Å². The molecule has 5 aliphatic rings. The van der Waals surface area contributed by atoms with Crippen molar-refractivity contribution >= 4 is 46.4 Å². The molecule has 0 aromatic heterocycles. The highest BCUT2D eigenvalue weighted by Gasteiger charge is 2.62. The quantitative estimate of drug-likeness (QED) is 0.175. The van der Waals surface area contributed by atoms with E-state index in [4.69, 9.17) is 4.74 Å². The van der Waals surface area contributed by atoms with Crippen LogP contribution in [0.25, 0.3) is 0 Å². The average molecular weight is 663 g/mol. The molecule has 0 bridgehead atoms. The third kappa shape index (κ3) is 4.54. The van der Waals surface area contributed by atoms with Gasteiger partial charge in [0.2, 0.25) is 23.6 Å². The van der Waals surface area contributed by atoms with Gasteiger partial charge in [0.25, 0.3) is 11.4 Å². The lowest BCUT2D eigenvalue weighted by molar-refractivity contribution is -0.385. The van der Waals surface area contributed by atoms with Gasteiger partial charge in [0.1, 0.15) is 11.5 Å². The van der Waals surface area contributed by atoms with Crippen LogP contribution in [0.2, 0.25) is 0 Å². The molecule has 2 saturated heterocycles. The van der Waals surface area contributed by atoms with Gasteiger partial charge in [-0.05, 0) is 54.7 Å². The SMILES string of the molecule is O=C1C2CC=C3C(CC4C(=O)N(c5cccc([N+](=O)[O-])c5)C(=O)C4C3C3=COc4ccc(O)cc4C3)C2C(=O)N1c1cccc([N+](=O)[O-])c1. The van der Waals surface area contributed by atoms with Crippen molar-refractivity contribution in [2.24, 2.45) is 35.5 Å². The molecule has 3 aromatic rings. The smallest absolute Gasteiger partial charge is 0.271 e. The van der Waals surface area contributed by atoms with Crippen LogP contribution in [0, 0.1) is 55.7 Å². The fourth-order valence-corrected chi connectivity index (χ4v) is 8.41. The van der Waals surface area contributed by atoms with E-state index in [0.717, 1.165) is 9.80 Å². The lowest BCUT2D eigenvalue weighted by Gasteiger charge is -2.45. The van der Waals surface area contributed by atoms with Crippen LogP contribution in [0.4, 0.5) is 22.7 Å². The molecule has 1 N–H and O–H groups in total. The Morgan fingerprint density at radius 1 is 0.735 bits per heavy atom. The first-order valence-corrected chi connectivity index (χ1v) is 15.7. The molecule has 1 saturated carbocycles.